The predicted molar refractivity (Wildman–Crippen MR) is 77.4 cm³/mol. The van der Waals surface area contributed by atoms with Gasteiger partial charge in [-0.1, -0.05) is 12.1 Å². The number of unbranched alkanes of at least 4 members (excludes halogenated alkanes) is 1. The van der Waals surface area contributed by atoms with Gasteiger partial charge in [-0.3, -0.25) is 0 Å². The molecule has 96 valence electrons. The quantitative estimate of drug-likeness (QED) is 0.794. The van der Waals surface area contributed by atoms with Crippen LogP contribution >= 0.6 is 0 Å². The molecule has 0 fully saturated rings. The normalized spacial score (nSPS) is 14.7. The number of aryl methyl sites for hydroxylation is 2. The summed E-state index contributed by atoms with van der Waals surface area (Å²) in [5.74, 6) is 0. The summed E-state index contributed by atoms with van der Waals surface area (Å²) in [5.41, 5.74) is 10.6. The van der Waals surface area contributed by atoms with E-state index in [1.54, 1.807) is 0 Å². The first-order chi connectivity index (χ1) is 8.81. The van der Waals surface area contributed by atoms with Crippen molar-refractivity contribution in [3.05, 3.63) is 34.9 Å². The van der Waals surface area contributed by atoms with Gasteiger partial charge in [0.05, 0.1) is 5.71 Å². The predicted octanol–water partition coefficient (Wildman–Crippen LogP) is 2.85. The van der Waals surface area contributed by atoms with Crippen molar-refractivity contribution in [3.63, 3.8) is 0 Å². The van der Waals surface area contributed by atoms with Crippen molar-refractivity contribution in [2.45, 2.75) is 39.0 Å². The van der Waals surface area contributed by atoms with E-state index in [-0.39, 0.29) is 0 Å². The second-order valence-corrected chi connectivity index (χ2v) is 4.77. The second kappa shape index (κ2) is 6.45. The number of hydrogen-bond donors (Lipinski definition) is 1. The fourth-order valence-electron chi connectivity index (χ4n) is 2.24. The number of benzene rings is 1. The molecule has 1 aromatic carbocycles. The van der Waals surface area contributed by atoms with Crippen LogP contribution in [0.5, 0.6) is 0 Å². The molecule has 0 aromatic heterocycles. The van der Waals surface area contributed by atoms with Gasteiger partial charge in [0.15, 0.2) is 0 Å². The van der Waals surface area contributed by atoms with Crippen molar-refractivity contribution < 1.29 is 0 Å². The monoisotopic (exact) mass is 243 g/mol. The summed E-state index contributed by atoms with van der Waals surface area (Å²) in [5, 5.41) is 8.21. The summed E-state index contributed by atoms with van der Waals surface area (Å²) < 4.78 is 0. The molecule has 0 unspecified atom stereocenters. The molecule has 0 saturated carbocycles. The fraction of sp³-hybridized carbons (Fsp3) is 0.467. The minimum absolute atomic E-state index is 0.784. The van der Waals surface area contributed by atoms with Crippen LogP contribution in [0.2, 0.25) is 0 Å². The van der Waals surface area contributed by atoms with Gasteiger partial charge in [0, 0.05) is 6.21 Å². The summed E-state index contributed by atoms with van der Waals surface area (Å²) in [7, 11) is 0. The van der Waals surface area contributed by atoms with Gasteiger partial charge >= 0.3 is 0 Å². The number of nitrogens with two attached hydrogens (primary N) is 1. The topological polar surface area (TPSA) is 50.7 Å². The van der Waals surface area contributed by atoms with E-state index in [0.717, 1.165) is 37.9 Å². The van der Waals surface area contributed by atoms with Gasteiger partial charge in [-0.05, 0) is 68.3 Å². The van der Waals surface area contributed by atoms with Crippen LogP contribution in [-0.4, -0.2) is 18.5 Å². The lowest BCUT2D eigenvalue weighted by atomic mass is 9.97. The molecule has 1 aliphatic rings. The van der Waals surface area contributed by atoms with Crippen molar-refractivity contribution in [2.24, 2.45) is 15.9 Å². The van der Waals surface area contributed by atoms with E-state index < -0.39 is 0 Å². The summed E-state index contributed by atoms with van der Waals surface area (Å²) in [6.45, 7) is 2.96. The minimum atomic E-state index is 0.784. The highest BCUT2D eigenvalue weighted by molar-refractivity contribution is 6.02. The van der Waals surface area contributed by atoms with Crippen molar-refractivity contribution >= 4 is 11.9 Å². The third-order valence-electron chi connectivity index (χ3n) is 3.35. The molecule has 0 saturated heterocycles. The van der Waals surface area contributed by atoms with Gasteiger partial charge in [-0.25, -0.2) is 0 Å². The Kier molecular flexibility index (Phi) is 4.65. The van der Waals surface area contributed by atoms with E-state index in [9.17, 15) is 0 Å². The minimum Gasteiger partial charge on any atom is -0.330 e. The highest BCUT2D eigenvalue weighted by Crippen LogP contribution is 2.17. The molecule has 18 heavy (non-hydrogen) atoms. The lowest BCUT2D eigenvalue weighted by molar-refractivity contribution is 0.742. The average Bonchev–Trinajstić information content (AvgIpc) is 2.42. The molecule has 3 nitrogen and oxygen atoms in total. The Morgan fingerprint density at radius 1 is 1.28 bits per heavy atom. The van der Waals surface area contributed by atoms with Crippen LogP contribution in [0.4, 0.5) is 0 Å². The molecule has 0 radical (unpaired) electrons. The third kappa shape index (κ3) is 3.26. The van der Waals surface area contributed by atoms with Crippen LogP contribution in [-0.2, 0) is 6.42 Å². The Morgan fingerprint density at radius 2 is 2.17 bits per heavy atom. The summed E-state index contributed by atoms with van der Waals surface area (Å²) in [6.07, 6.45) is 7.25. The van der Waals surface area contributed by atoms with E-state index in [0.29, 0.717) is 0 Å². The molecule has 0 aliphatic carbocycles. The highest BCUT2D eigenvalue weighted by Gasteiger charge is 2.08. The maximum Gasteiger partial charge on any atom is 0.0706 e. The van der Waals surface area contributed by atoms with Gasteiger partial charge in [0.1, 0.15) is 0 Å². The van der Waals surface area contributed by atoms with E-state index in [1.807, 2.05) is 6.21 Å². The molecule has 2 N–H and O–H groups in total. The summed E-state index contributed by atoms with van der Waals surface area (Å²) >= 11 is 0. The lowest BCUT2D eigenvalue weighted by Gasteiger charge is -2.11. The third-order valence-corrected chi connectivity index (χ3v) is 3.35. The Labute approximate surface area is 109 Å². The number of hydrogen-bond acceptors (Lipinski definition) is 3. The Hall–Kier alpha value is -1.48. The maximum absolute atomic E-state index is 5.52. The van der Waals surface area contributed by atoms with Gasteiger partial charge in [-0.15, -0.1) is 0 Å². The Bertz CT molecular complexity index is 461. The van der Waals surface area contributed by atoms with Crippen LogP contribution in [0.15, 0.2) is 28.4 Å². The molecule has 1 aromatic rings. The molecular formula is C15H21N3. The zero-order valence-corrected chi connectivity index (χ0v) is 11.0. The molecule has 2 rings (SSSR count). The van der Waals surface area contributed by atoms with Gasteiger partial charge < -0.3 is 5.73 Å². The maximum atomic E-state index is 5.52. The van der Waals surface area contributed by atoms with E-state index in [2.05, 4.69) is 35.3 Å². The number of rotatable bonds is 5. The fourth-order valence-corrected chi connectivity index (χ4v) is 2.24. The molecule has 0 bridgehead atoms. The van der Waals surface area contributed by atoms with Crippen LogP contribution in [0.25, 0.3) is 0 Å². The van der Waals surface area contributed by atoms with Crippen molar-refractivity contribution in [2.75, 3.05) is 6.54 Å². The SMILES string of the molecule is Cc1cc(C2=NN=CCC2)ccc1CCCCN. The van der Waals surface area contributed by atoms with E-state index in [1.165, 1.54) is 23.1 Å². The zero-order chi connectivity index (χ0) is 12.8. The van der Waals surface area contributed by atoms with Crippen LogP contribution in [0.1, 0.15) is 42.4 Å². The van der Waals surface area contributed by atoms with Crippen molar-refractivity contribution in [3.8, 4) is 0 Å². The van der Waals surface area contributed by atoms with Gasteiger partial charge in [-0.2, -0.15) is 10.2 Å². The van der Waals surface area contributed by atoms with Gasteiger partial charge in [0.2, 0.25) is 0 Å². The smallest absolute Gasteiger partial charge is 0.0706 e. The molecule has 1 heterocycles. The Balaban J connectivity index is 2.09. The number of nitrogens with zero attached hydrogens (tertiary/aromatic N) is 2. The molecule has 1 aliphatic heterocycles. The molecular weight excluding hydrogens is 222 g/mol. The van der Waals surface area contributed by atoms with Gasteiger partial charge in [0.25, 0.3) is 0 Å². The van der Waals surface area contributed by atoms with E-state index >= 15 is 0 Å². The molecule has 0 amide bonds. The van der Waals surface area contributed by atoms with Crippen molar-refractivity contribution in [1.82, 2.24) is 0 Å². The molecule has 0 spiro atoms. The zero-order valence-electron chi connectivity index (χ0n) is 11.0. The lowest BCUT2D eigenvalue weighted by Crippen LogP contribution is -2.05. The van der Waals surface area contributed by atoms with Crippen LogP contribution in [0, 0.1) is 6.92 Å². The molecule has 0 atom stereocenters. The van der Waals surface area contributed by atoms with E-state index in [4.69, 9.17) is 5.73 Å². The summed E-state index contributed by atoms with van der Waals surface area (Å²) in [6, 6.07) is 6.63. The molecule has 3 heteroatoms. The second-order valence-electron chi connectivity index (χ2n) is 4.77. The largest absolute Gasteiger partial charge is 0.330 e. The Morgan fingerprint density at radius 3 is 2.83 bits per heavy atom. The average molecular weight is 243 g/mol. The van der Waals surface area contributed by atoms with Crippen LogP contribution in [0.3, 0.4) is 0 Å². The van der Waals surface area contributed by atoms with Crippen LogP contribution < -0.4 is 5.73 Å². The first-order valence-corrected chi connectivity index (χ1v) is 6.69. The highest BCUT2D eigenvalue weighted by atomic mass is 15.2. The first kappa shape index (κ1) is 13.0. The first-order valence-electron chi connectivity index (χ1n) is 6.69. The van der Waals surface area contributed by atoms with Crippen molar-refractivity contribution in [1.29, 1.82) is 0 Å². The standard InChI is InChI=1S/C15H21N3/c1-12-11-14(15-6-4-10-17-18-15)8-7-13(12)5-2-3-9-16/h7-8,10-11H,2-6,9,16H2,1H3. The summed E-state index contributed by atoms with van der Waals surface area (Å²) in [4.78, 5) is 0.